The number of carbonyl (C=O) groups excluding carboxylic acids is 1. The van der Waals surface area contributed by atoms with Crippen molar-refractivity contribution in [2.75, 3.05) is 39.5 Å². The molecule has 7 heteroatoms. The molecule has 0 aromatic heterocycles. The van der Waals surface area contributed by atoms with Gasteiger partial charge >= 0.3 is 0 Å². The summed E-state index contributed by atoms with van der Waals surface area (Å²) in [4.78, 5) is 11.9. The van der Waals surface area contributed by atoms with Crippen LogP contribution in [0.5, 0.6) is 0 Å². The highest BCUT2D eigenvalue weighted by atomic mass is 32.3. The molecule has 128 valence electrons. The van der Waals surface area contributed by atoms with Gasteiger partial charge in [0.15, 0.2) is 0 Å². The van der Waals surface area contributed by atoms with Crippen molar-refractivity contribution < 1.29 is 22.9 Å². The molecule has 0 spiro atoms. The SMILES string of the molecule is CCC(C)(C)C(=O)NCCC[N+](C)(C)CCCS(O)(O)O. The highest BCUT2D eigenvalue weighted by molar-refractivity contribution is 8.19. The number of carbonyl (C=O) groups is 1. The van der Waals surface area contributed by atoms with Gasteiger partial charge in [0.2, 0.25) is 5.91 Å². The predicted octanol–water partition coefficient (Wildman–Crippen LogP) is 2.62. The van der Waals surface area contributed by atoms with E-state index < -0.39 is 10.9 Å². The summed E-state index contributed by atoms with van der Waals surface area (Å²) in [6, 6.07) is 0. The molecule has 0 aromatic rings. The Kier molecular flexibility index (Phi) is 8.20. The molecule has 0 aliphatic rings. The van der Waals surface area contributed by atoms with Crippen molar-refractivity contribution >= 4 is 16.8 Å². The van der Waals surface area contributed by atoms with Crippen LogP contribution in [0.15, 0.2) is 0 Å². The molecule has 0 heterocycles. The number of rotatable bonds is 10. The van der Waals surface area contributed by atoms with Crippen LogP contribution < -0.4 is 5.32 Å². The largest absolute Gasteiger partial charge is 0.355 e. The molecule has 0 saturated heterocycles. The Balaban J connectivity index is 3.92. The molecule has 0 aliphatic heterocycles. The summed E-state index contributed by atoms with van der Waals surface area (Å²) in [5, 5.41) is 2.96. The Morgan fingerprint density at radius 3 is 2.14 bits per heavy atom. The van der Waals surface area contributed by atoms with Gasteiger partial charge in [-0.15, -0.1) is 0 Å². The summed E-state index contributed by atoms with van der Waals surface area (Å²) in [5.74, 6) is 0.111. The van der Waals surface area contributed by atoms with Crippen molar-refractivity contribution in [1.29, 1.82) is 0 Å². The van der Waals surface area contributed by atoms with Gasteiger partial charge in [-0.05, 0) is 6.42 Å². The molecule has 0 saturated carbocycles. The number of hydrogen-bond acceptors (Lipinski definition) is 4. The van der Waals surface area contributed by atoms with E-state index in [0.717, 1.165) is 30.4 Å². The number of nitrogens with one attached hydrogen (secondary N) is 1. The molecule has 0 atom stereocenters. The van der Waals surface area contributed by atoms with Gasteiger partial charge in [-0.2, -0.15) is 0 Å². The molecule has 21 heavy (non-hydrogen) atoms. The van der Waals surface area contributed by atoms with Gasteiger partial charge in [-0.3, -0.25) is 4.79 Å². The van der Waals surface area contributed by atoms with Gasteiger partial charge in [0.05, 0.1) is 43.8 Å². The molecule has 0 radical (unpaired) electrons. The third-order valence-electron chi connectivity index (χ3n) is 3.91. The minimum atomic E-state index is -3.37. The zero-order chi connectivity index (χ0) is 16.7. The van der Waals surface area contributed by atoms with Crippen molar-refractivity contribution in [2.24, 2.45) is 5.41 Å². The molecular formula is C14H33N2O4S+. The maximum absolute atomic E-state index is 11.9. The fourth-order valence-corrected chi connectivity index (χ4v) is 2.42. The van der Waals surface area contributed by atoms with Crippen LogP contribution >= 0.6 is 10.9 Å². The molecule has 1 amide bonds. The minimum Gasteiger partial charge on any atom is -0.355 e. The summed E-state index contributed by atoms with van der Waals surface area (Å²) in [5.41, 5.74) is -0.320. The lowest BCUT2D eigenvalue weighted by atomic mass is 9.89. The first-order valence-electron chi connectivity index (χ1n) is 7.48. The van der Waals surface area contributed by atoms with Crippen LogP contribution in [0.1, 0.15) is 40.0 Å². The second-order valence-corrected chi connectivity index (χ2v) is 8.59. The van der Waals surface area contributed by atoms with E-state index in [1.54, 1.807) is 0 Å². The molecule has 0 rings (SSSR count). The fourth-order valence-electron chi connectivity index (χ4n) is 1.91. The molecule has 4 N–H and O–H groups in total. The molecule has 6 nitrogen and oxygen atoms in total. The quantitative estimate of drug-likeness (QED) is 0.367. The highest BCUT2D eigenvalue weighted by Crippen LogP contribution is 2.33. The minimum absolute atomic E-state index is 0.0239. The van der Waals surface area contributed by atoms with Crippen LogP contribution in [0.4, 0.5) is 0 Å². The lowest BCUT2D eigenvalue weighted by Gasteiger charge is -2.31. The van der Waals surface area contributed by atoms with Gasteiger partial charge in [-0.1, -0.05) is 20.8 Å². The molecule has 0 fully saturated rings. The van der Waals surface area contributed by atoms with Gasteiger partial charge in [0.1, 0.15) is 0 Å². The third-order valence-corrected chi connectivity index (χ3v) is 4.74. The van der Waals surface area contributed by atoms with Gasteiger partial charge in [0, 0.05) is 24.8 Å². The summed E-state index contributed by atoms with van der Waals surface area (Å²) in [6.07, 6.45) is 2.24. The topological polar surface area (TPSA) is 89.8 Å². The molecule has 0 unspecified atom stereocenters. The first kappa shape index (κ1) is 20.7. The Morgan fingerprint density at radius 2 is 1.67 bits per heavy atom. The number of amides is 1. The monoisotopic (exact) mass is 325 g/mol. The summed E-state index contributed by atoms with van der Waals surface area (Å²) >= 11 is 0. The molecule has 0 aliphatic carbocycles. The van der Waals surface area contributed by atoms with Gasteiger partial charge in [-0.25, -0.2) is 0 Å². The number of quaternary nitrogens is 1. The fraction of sp³-hybridized carbons (Fsp3) is 0.929. The second-order valence-electron chi connectivity index (χ2n) is 6.92. The van der Waals surface area contributed by atoms with Crippen LogP contribution in [0.25, 0.3) is 0 Å². The van der Waals surface area contributed by atoms with E-state index in [1.807, 2.05) is 20.8 Å². The summed E-state index contributed by atoms with van der Waals surface area (Å²) in [6.45, 7) is 8.18. The highest BCUT2D eigenvalue weighted by Gasteiger charge is 2.25. The second kappa shape index (κ2) is 8.33. The Bertz CT molecular complexity index is 327. The van der Waals surface area contributed by atoms with E-state index in [1.165, 1.54) is 0 Å². The van der Waals surface area contributed by atoms with E-state index >= 15 is 0 Å². The maximum atomic E-state index is 11.9. The maximum Gasteiger partial charge on any atom is 0.225 e. The van der Waals surface area contributed by atoms with Crippen molar-refractivity contribution in [3.63, 3.8) is 0 Å². The van der Waals surface area contributed by atoms with E-state index in [9.17, 15) is 4.79 Å². The van der Waals surface area contributed by atoms with Gasteiger partial charge in [0.25, 0.3) is 0 Å². The zero-order valence-corrected chi connectivity index (χ0v) is 14.9. The van der Waals surface area contributed by atoms with Crippen LogP contribution in [-0.4, -0.2) is 63.5 Å². The average molecular weight is 325 g/mol. The van der Waals surface area contributed by atoms with Crippen LogP contribution in [0, 0.1) is 5.41 Å². The zero-order valence-electron chi connectivity index (χ0n) is 14.1. The smallest absolute Gasteiger partial charge is 0.225 e. The summed E-state index contributed by atoms with van der Waals surface area (Å²) in [7, 11) is 0.744. The lowest BCUT2D eigenvalue weighted by molar-refractivity contribution is -0.890. The standard InChI is InChI=1S/C14H32N2O4S/c1-6-14(2,3)13(17)15-9-7-10-16(4,5)11-8-12-21(18,19)20/h6-12H2,1-5H3,(H3-,15,17,18,19,20)/p+1. The molecule has 0 bridgehead atoms. The first-order chi connectivity index (χ1) is 9.40. The predicted molar refractivity (Wildman–Crippen MR) is 88.5 cm³/mol. The Hall–Kier alpha value is -0.340. The van der Waals surface area contributed by atoms with Crippen molar-refractivity contribution in [2.45, 2.75) is 40.0 Å². The van der Waals surface area contributed by atoms with E-state index in [0.29, 0.717) is 13.0 Å². The van der Waals surface area contributed by atoms with Gasteiger partial charge < -0.3 is 23.5 Å². The third kappa shape index (κ3) is 10.1. The first-order valence-corrected chi connectivity index (χ1v) is 9.15. The average Bonchev–Trinajstić information content (AvgIpc) is 2.32. The lowest BCUT2D eigenvalue weighted by Crippen LogP contribution is -2.44. The Morgan fingerprint density at radius 1 is 1.14 bits per heavy atom. The van der Waals surface area contributed by atoms with Crippen LogP contribution in [-0.2, 0) is 4.79 Å². The van der Waals surface area contributed by atoms with Crippen LogP contribution in [0.3, 0.4) is 0 Å². The van der Waals surface area contributed by atoms with Crippen LogP contribution in [0.2, 0.25) is 0 Å². The van der Waals surface area contributed by atoms with Crippen molar-refractivity contribution in [1.82, 2.24) is 5.32 Å². The van der Waals surface area contributed by atoms with E-state index in [4.69, 9.17) is 13.7 Å². The number of nitrogens with zero attached hydrogens (tertiary/aromatic N) is 1. The molecule has 0 aromatic carbocycles. The number of hydrogen-bond donors (Lipinski definition) is 4. The van der Waals surface area contributed by atoms with Crippen molar-refractivity contribution in [3.05, 3.63) is 0 Å². The Labute approximate surface area is 130 Å². The van der Waals surface area contributed by atoms with E-state index in [2.05, 4.69) is 19.4 Å². The molecular weight excluding hydrogens is 292 g/mol. The summed E-state index contributed by atoms with van der Waals surface area (Å²) < 4.78 is 27.5. The van der Waals surface area contributed by atoms with Crippen molar-refractivity contribution in [3.8, 4) is 0 Å². The van der Waals surface area contributed by atoms with E-state index in [-0.39, 0.29) is 17.1 Å². The normalized spacial score (nSPS) is 14.1.